The number of hydrogen-bond acceptors (Lipinski definition) is 1. The van der Waals surface area contributed by atoms with Crippen LogP contribution in [0, 0.1) is 12.9 Å². The Kier molecular flexibility index (Phi) is 2.92. The van der Waals surface area contributed by atoms with E-state index in [1.807, 2.05) is 0 Å². The standard InChI is InChI=1S/C8H5F6N/c1-3-4(7(10)11)2-5(9)15-6(3)8(12,13)14/h2,7H,1H3. The third kappa shape index (κ3) is 2.40. The monoisotopic (exact) mass is 229 g/mol. The number of pyridine rings is 1. The minimum atomic E-state index is -4.93. The fourth-order valence-electron chi connectivity index (χ4n) is 1.10. The van der Waals surface area contributed by atoms with E-state index >= 15 is 0 Å². The molecule has 1 rings (SSSR count). The summed E-state index contributed by atoms with van der Waals surface area (Å²) in [4.78, 5) is 2.56. The minimum Gasteiger partial charge on any atom is -0.215 e. The molecule has 0 aliphatic heterocycles. The lowest BCUT2D eigenvalue weighted by Gasteiger charge is -2.12. The van der Waals surface area contributed by atoms with Crippen molar-refractivity contribution in [1.82, 2.24) is 4.98 Å². The van der Waals surface area contributed by atoms with Gasteiger partial charge in [0.25, 0.3) is 6.43 Å². The second-order valence-corrected chi connectivity index (χ2v) is 2.81. The lowest BCUT2D eigenvalue weighted by molar-refractivity contribution is -0.142. The molecule has 0 aromatic carbocycles. The molecular formula is C8H5F6N. The van der Waals surface area contributed by atoms with Crippen LogP contribution in [0.4, 0.5) is 26.3 Å². The molecule has 84 valence electrons. The van der Waals surface area contributed by atoms with Gasteiger partial charge in [-0.2, -0.15) is 17.6 Å². The highest BCUT2D eigenvalue weighted by Gasteiger charge is 2.36. The van der Waals surface area contributed by atoms with E-state index in [2.05, 4.69) is 4.98 Å². The van der Waals surface area contributed by atoms with Crippen molar-refractivity contribution >= 4 is 0 Å². The lowest BCUT2D eigenvalue weighted by Crippen LogP contribution is -2.13. The molecule has 0 saturated carbocycles. The fraction of sp³-hybridized carbons (Fsp3) is 0.375. The Labute approximate surface area is 80.7 Å². The third-order valence-electron chi connectivity index (χ3n) is 1.79. The van der Waals surface area contributed by atoms with Crippen molar-refractivity contribution in [3.63, 3.8) is 0 Å². The number of hydrogen-bond donors (Lipinski definition) is 0. The summed E-state index contributed by atoms with van der Waals surface area (Å²) in [6, 6.07) is 0.301. The molecule has 0 N–H and O–H groups in total. The fourth-order valence-corrected chi connectivity index (χ4v) is 1.10. The molecular weight excluding hydrogens is 224 g/mol. The van der Waals surface area contributed by atoms with E-state index in [1.165, 1.54) is 0 Å². The number of halogens is 6. The van der Waals surface area contributed by atoms with Crippen LogP contribution in [-0.4, -0.2) is 4.98 Å². The van der Waals surface area contributed by atoms with Crippen LogP contribution in [0.5, 0.6) is 0 Å². The van der Waals surface area contributed by atoms with Crippen molar-refractivity contribution in [1.29, 1.82) is 0 Å². The zero-order valence-corrected chi connectivity index (χ0v) is 7.37. The maximum Gasteiger partial charge on any atom is 0.433 e. The van der Waals surface area contributed by atoms with Crippen LogP contribution in [0.25, 0.3) is 0 Å². The molecule has 0 radical (unpaired) electrons. The van der Waals surface area contributed by atoms with E-state index in [-0.39, 0.29) is 0 Å². The molecule has 15 heavy (non-hydrogen) atoms. The summed E-state index contributed by atoms with van der Waals surface area (Å²) in [5, 5.41) is 0. The van der Waals surface area contributed by atoms with Gasteiger partial charge in [0.2, 0.25) is 5.95 Å². The highest BCUT2D eigenvalue weighted by Crippen LogP contribution is 2.34. The first-order valence-electron chi connectivity index (χ1n) is 3.76. The van der Waals surface area contributed by atoms with Crippen molar-refractivity contribution in [3.05, 3.63) is 28.8 Å². The van der Waals surface area contributed by atoms with Gasteiger partial charge in [0.05, 0.1) is 0 Å². The normalized spacial score (nSPS) is 12.3. The van der Waals surface area contributed by atoms with E-state index in [1.54, 1.807) is 0 Å². The van der Waals surface area contributed by atoms with E-state index in [0.29, 0.717) is 6.07 Å². The van der Waals surface area contributed by atoms with Crippen LogP contribution in [0.15, 0.2) is 6.07 Å². The van der Waals surface area contributed by atoms with E-state index in [9.17, 15) is 26.3 Å². The molecule has 0 atom stereocenters. The molecule has 0 spiro atoms. The van der Waals surface area contributed by atoms with Crippen LogP contribution in [-0.2, 0) is 6.18 Å². The average Bonchev–Trinajstić information content (AvgIpc) is 2.06. The molecule has 0 unspecified atom stereocenters. The maximum atomic E-state index is 12.6. The van der Waals surface area contributed by atoms with Gasteiger partial charge < -0.3 is 0 Å². The van der Waals surface area contributed by atoms with Crippen molar-refractivity contribution in [2.75, 3.05) is 0 Å². The van der Waals surface area contributed by atoms with Crippen LogP contribution >= 0.6 is 0 Å². The molecule has 0 fully saturated rings. The molecule has 7 heteroatoms. The average molecular weight is 229 g/mol. The molecule has 0 saturated heterocycles. The number of alkyl halides is 5. The van der Waals surface area contributed by atoms with Gasteiger partial charge in [-0.3, -0.25) is 0 Å². The zero-order chi connectivity index (χ0) is 11.8. The van der Waals surface area contributed by atoms with E-state index in [0.717, 1.165) is 6.92 Å². The van der Waals surface area contributed by atoms with Gasteiger partial charge in [0, 0.05) is 11.6 Å². The van der Waals surface area contributed by atoms with Gasteiger partial charge in [-0.05, 0) is 12.5 Å². The topological polar surface area (TPSA) is 12.9 Å². The Balaban J connectivity index is 3.42. The first kappa shape index (κ1) is 11.8. The summed E-state index contributed by atoms with van der Waals surface area (Å²) in [5.41, 5.74) is -3.36. The Morgan fingerprint density at radius 3 is 2.20 bits per heavy atom. The van der Waals surface area contributed by atoms with Crippen LogP contribution < -0.4 is 0 Å². The highest BCUT2D eigenvalue weighted by molar-refractivity contribution is 5.31. The van der Waals surface area contributed by atoms with Gasteiger partial charge in [0.1, 0.15) is 0 Å². The number of nitrogens with zero attached hydrogens (tertiary/aromatic N) is 1. The molecule has 0 bridgehead atoms. The predicted octanol–water partition coefficient (Wildman–Crippen LogP) is 3.49. The largest absolute Gasteiger partial charge is 0.433 e. The van der Waals surface area contributed by atoms with Gasteiger partial charge in [-0.15, -0.1) is 0 Å². The van der Waals surface area contributed by atoms with Crippen molar-refractivity contribution in [3.8, 4) is 0 Å². The minimum absolute atomic E-state index is 0.301. The van der Waals surface area contributed by atoms with Gasteiger partial charge >= 0.3 is 6.18 Å². The van der Waals surface area contributed by atoms with Crippen LogP contribution in [0.2, 0.25) is 0 Å². The highest BCUT2D eigenvalue weighted by atomic mass is 19.4. The van der Waals surface area contributed by atoms with Crippen LogP contribution in [0.3, 0.4) is 0 Å². The second-order valence-electron chi connectivity index (χ2n) is 2.81. The quantitative estimate of drug-likeness (QED) is 0.530. The van der Waals surface area contributed by atoms with Crippen LogP contribution in [0.1, 0.15) is 23.2 Å². The number of aromatic nitrogens is 1. The SMILES string of the molecule is Cc1c(C(F)F)cc(F)nc1C(F)(F)F. The lowest BCUT2D eigenvalue weighted by atomic mass is 10.1. The summed E-state index contributed by atoms with van der Waals surface area (Å²) in [6.07, 6.45) is -8.10. The molecule has 0 aliphatic carbocycles. The zero-order valence-electron chi connectivity index (χ0n) is 7.37. The molecule has 0 amide bonds. The molecule has 1 nitrogen and oxygen atoms in total. The Hall–Kier alpha value is -1.27. The second kappa shape index (κ2) is 3.71. The molecule has 1 heterocycles. The summed E-state index contributed by atoms with van der Waals surface area (Å²) < 4.78 is 73.6. The molecule has 1 aromatic heterocycles. The maximum absolute atomic E-state index is 12.6. The first-order valence-corrected chi connectivity index (χ1v) is 3.76. The van der Waals surface area contributed by atoms with E-state index in [4.69, 9.17) is 0 Å². The molecule has 1 aromatic rings. The Morgan fingerprint density at radius 1 is 1.27 bits per heavy atom. The first-order chi connectivity index (χ1) is 6.73. The Morgan fingerprint density at radius 2 is 1.80 bits per heavy atom. The van der Waals surface area contributed by atoms with Gasteiger partial charge in [-0.1, -0.05) is 0 Å². The van der Waals surface area contributed by atoms with Crippen molar-refractivity contribution in [2.45, 2.75) is 19.5 Å². The van der Waals surface area contributed by atoms with Crippen molar-refractivity contribution < 1.29 is 26.3 Å². The summed E-state index contributed by atoms with van der Waals surface area (Å²) in [5.74, 6) is -1.57. The van der Waals surface area contributed by atoms with Gasteiger partial charge in [0.15, 0.2) is 5.69 Å². The Bertz CT molecular complexity index is 370. The predicted molar refractivity (Wildman–Crippen MR) is 38.9 cm³/mol. The summed E-state index contributed by atoms with van der Waals surface area (Å²) in [7, 11) is 0. The number of rotatable bonds is 1. The molecule has 0 aliphatic rings. The summed E-state index contributed by atoms with van der Waals surface area (Å²) >= 11 is 0. The smallest absolute Gasteiger partial charge is 0.215 e. The van der Waals surface area contributed by atoms with Crippen molar-refractivity contribution in [2.24, 2.45) is 0 Å². The third-order valence-corrected chi connectivity index (χ3v) is 1.79. The summed E-state index contributed by atoms with van der Waals surface area (Å²) in [6.45, 7) is 0.830. The van der Waals surface area contributed by atoms with E-state index < -0.39 is 35.4 Å². The van der Waals surface area contributed by atoms with Gasteiger partial charge in [-0.25, -0.2) is 13.8 Å².